The maximum absolute atomic E-state index is 12.7. The fraction of sp³-hybridized carbons (Fsp3) is 0.381. The van der Waals surface area contributed by atoms with Crippen molar-refractivity contribution in [3.63, 3.8) is 0 Å². The molecule has 3 aromatic rings. The van der Waals surface area contributed by atoms with Crippen molar-refractivity contribution >= 4 is 34.7 Å². The minimum Gasteiger partial charge on any atom is -0.595 e. The Hall–Kier alpha value is -4.01. The minimum absolute atomic E-state index is 0.0718. The van der Waals surface area contributed by atoms with E-state index in [4.69, 9.17) is 10.3 Å². The molecule has 0 aliphatic carbocycles. The van der Waals surface area contributed by atoms with Crippen LogP contribution in [0.4, 0.5) is 11.6 Å². The molecule has 1 aliphatic rings. The first kappa shape index (κ1) is 24.1. The molecule has 0 spiro atoms. The van der Waals surface area contributed by atoms with Crippen LogP contribution < -0.4 is 21.4 Å². The zero-order chi connectivity index (χ0) is 25.3. The number of nitrogens with one attached hydrogen (secondary N) is 2. The summed E-state index contributed by atoms with van der Waals surface area (Å²) in [7, 11) is 1.50. The molecule has 1 amide bonds. The average molecular weight is 487 g/mol. The minimum atomic E-state index is -1.05. The molecule has 3 heterocycles. The van der Waals surface area contributed by atoms with E-state index in [0.717, 1.165) is 5.56 Å². The summed E-state index contributed by atoms with van der Waals surface area (Å²) in [6, 6.07) is 6.23. The SMILES string of the molecule is Cn1c(=O)[nH]c(=O)c2c1nc(N1CCN(C(=O)CCC(=O)O)CC1)n2Cc1ccc([NH+]([O-])O)cc1. The van der Waals surface area contributed by atoms with Crippen LogP contribution in [0, 0.1) is 5.21 Å². The second-order valence-electron chi connectivity index (χ2n) is 8.25. The molecule has 4 rings (SSSR count). The number of aryl methyl sites for hydroxylation is 1. The first-order chi connectivity index (χ1) is 16.7. The number of rotatable bonds is 7. The molecular formula is C21H25N7O7. The summed E-state index contributed by atoms with van der Waals surface area (Å²) in [5.74, 6) is -0.831. The van der Waals surface area contributed by atoms with Crippen molar-refractivity contribution < 1.29 is 25.1 Å². The van der Waals surface area contributed by atoms with Crippen LogP contribution in [-0.4, -0.2) is 72.4 Å². The topological polar surface area (TPSA) is 181 Å². The molecule has 14 nitrogen and oxygen atoms in total. The maximum Gasteiger partial charge on any atom is 0.329 e. The number of hydrogen-bond donors (Lipinski definition) is 4. The maximum atomic E-state index is 12.7. The van der Waals surface area contributed by atoms with E-state index >= 15 is 0 Å². The summed E-state index contributed by atoms with van der Waals surface area (Å²) in [5.41, 5.74) is 0.0739. The van der Waals surface area contributed by atoms with Crippen molar-refractivity contribution in [2.24, 2.45) is 7.05 Å². The van der Waals surface area contributed by atoms with Crippen LogP contribution >= 0.6 is 0 Å². The number of carbonyl (C=O) groups excluding carboxylic acids is 1. The second kappa shape index (κ2) is 9.69. The van der Waals surface area contributed by atoms with Gasteiger partial charge in [0.15, 0.2) is 16.9 Å². The molecule has 1 aliphatic heterocycles. The van der Waals surface area contributed by atoms with Crippen LogP contribution in [0.25, 0.3) is 11.2 Å². The van der Waals surface area contributed by atoms with Crippen molar-refractivity contribution in [3.05, 3.63) is 55.9 Å². The number of piperazine rings is 1. The number of carboxylic acids is 1. The number of aromatic amines is 1. The van der Waals surface area contributed by atoms with E-state index in [1.54, 1.807) is 21.6 Å². The Morgan fingerprint density at radius 1 is 1.11 bits per heavy atom. The number of nitrogens with zero attached hydrogens (tertiary/aromatic N) is 5. The van der Waals surface area contributed by atoms with E-state index in [-0.39, 0.29) is 42.1 Å². The van der Waals surface area contributed by atoms with E-state index in [0.29, 0.717) is 32.1 Å². The summed E-state index contributed by atoms with van der Waals surface area (Å²) < 4.78 is 2.92. The number of anilines is 1. The molecule has 0 bridgehead atoms. The predicted octanol–water partition coefficient (Wildman–Crippen LogP) is -1.61. The van der Waals surface area contributed by atoms with Crippen molar-refractivity contribution in [1.82, 2.24) is 24.0 Å². The number of imidazole rings is 1. The third-order valence-electron chi connectivity index (χ3n) is 6.00. The standard InChI is InChI=1S/C21H25N7O7/c1-24-18-17(19(32)23-21(24)33)27(12-13-2-4-14(5-3-13)28(34)35)20(22-18)26-10-8-25(9-11-26)15(29)6-7-16(30)31/h2-5,28,34H,6-12H2,1H3,(H,30,31)(H,23,32,33). The number of hydrogen-bond acceptors (Lipinski definition) is 8. The molecule has 1 fully saturated rings. The Labute approximate surface area is 197 Å². The molecule has 4 N–H and O–H groups in total. The smallest absolute Gasteiger partial charge is 0.329 e. The molecule has 0 radical (unpaired) electrons. The predicted molar refractivity (Wildman–Crippen MR) is 123 cm³/mol. The van der Waals surface area contributed by atoms with Gasteiger partial charge in [0.2, 0.25) is 11.9 Å². The van der Waals surface area contributed by atoms with E-state index in [9.17, 15) is 24.4 Å². The molecule has 1 saturated heterocycles. The monoisotopic (exact) mass is 487 g/mol. The molecule has 1 unspecified atom stereocenters. The lowest BCUT2D eigenvalue weighted by Gasteiger charge is -2.35. The summed E-state index contributed by atoms with van der Waals surface area (Å²) in [5, 5.41) is 28.1. The van der Waals surface area contributed by atoms with Crippen LogP contribution in [0.1, 0.15) is 18.4 Å². The average Bonchev–Trinajstić information content (AvgIpc) is 3.21. The summed E-state index contributed by atoms with van der Waals surface area (Å²) in [4.78, 5) is 58.3. The molecular weight excluding hydrogens is 462 g/mol. The highest BCUT2D eigenvalue weighted by molar-refractivity contribution is 5.81. The second-order valence-corrected chi connectivity index (χ2v) is 8.25. The largest absolute Gasteiger partial charge is 0.595 e. The van der Waals surface area contributed by atoms with Gasteiger partial charge in [-0.3, -0.25) is 28.5 Å². The molecule has 1 atom stereocenters. The first-order valence-corrected chi connectivity index (χ1v) is 10.9. The van der Waals surface area contributed by atoms with Crippen LogP contribution in [-0.2, 0) is 23.2 Å². The highest BCUT2D eigenvalue weighted by Gasteiger charge is 2.27. The van der Waals surface area contributed by atoms with Gasteiger partial charge < -0.3 is 20.1 Å². The van der Waals surface area contributed by atoms with Crippen LogP contribution in [0.3, 0.4) is 0 Å². The van der Waals surface area contributed by atoms with Crippen molar-refractivity contribution in [2.75, 3.05) is 31.1 Å². The third-order valence-corrected chi connectivity index (χ3v) is 6.00. The number of quaternary nitrogens is 1. The Bertz CT molecular complexity index is 1370. The molecule has 35 heavy (non-hydrogen) atoms. The van der Waals surface area contributed by atoms with Gasteiger partial charge in [0.1, 0.15) is 0 Å². The van der Waals surface area contributed by atoms with Gasteiger partial charge in [0.25, 0.3) is 5.56 Å². The Morgan fingerprint density at radius 2 is 1.77 bits per heavy atom. The lowest BCUT2D eigenvalue weighted by atomic mass is 10.2. The number of benzene rings is 1. The summed E-state index contributed by atoms with van der Waals surface area (Å²) >= 11 is 0. The van der Waals surface area contributed by atoms with Crippen LogP contribution in [0.5, 0.6) is 0 Å². The zero-order valence-electron chi connectivity index (χ0n) is 18.9. The highest BCUT2D eigenvalue weighted by atomic mass is 16.8. The van der Waals surface area contributed by atoms with Crippen molar-refractivity contribution in [3.8, 4) is 0 Å². The molecule has 14 heteroatoms. The van der Waals surface area contributed by atoms with E-state index in [2.05, 4.69) is 9.97 Å². The molecule has 0 saturated carbocycles. The van der Waals surface area contributed by atoms with Crippen molar-refractivity contribution in [2.45, 2.75) is 19.4 Å². The van der Waals surface area contributed by atoms with Crippen molar-refractivity contribution in [1.29, 1.82) is 0 Å². The number of carboxylic acid groups (broad SMARTS) is 1. The van der Waals surface area contributed by atoms with E-state index < -0.39 is 22.4 Å². The fourth-order valence-corrected chi connectivity index (χ4v) is 4.08. The lowest BCUT2D eigenvalue weighted by molar-refractivity contribution is -0.991. The molecule has 186 valence electrons. The van der Waals surface area contributed by atoms with E-state index in [1.807, 2.05) is 4.90 Å². The summed E-state index contributed by atoms with van der Waals surface area (Å²) in [6.07, 6.45) is -0.302. The fourth-order valence-electron chi connectivity index (χ4n) is 4.08. The van der Waals surface area contributed by atoms with Gasteiger partial charge in [-0.15, -0.1) is 0 Å². The first-order valence-electron chi connectivity index (χ1n) is 10.9. The zero-order valence-corrected chi connectivity index (χ0v) is 18.9. The number of H-pyrrole nitrogens is 1. The van der Waals surface area contributed by atoms with E-state index in [1.165, 1.54) is 23.7 Å². The normalized spacial score (nSPS) is 14.9. The summed E-state index contributed by atoms with van der Waals surface area (Å²) in [6.45, 7) is 1.69. The number of aliphatic carboxylic acids is 1. The number of fused-ring (bicyclic) bond motifs is 1. The van der Waals surface area contributed by atoms with Crippen LogP contribution in [0.15, 0.2) is 33.9 Å². The van der Waals surface area contributed by atoms with Gasteiger partial charge in [-0.2, -0.15) is 10.2 Å². The Balaban J connectivity index is 1.66. The number of amides is 1. The van der Waals surface area contributed by atoms with Gasteiger partial charge in [-0.25, -0.2) is 10.0 Å². The van der Waals surface area contributed by atoms with Crippen LogP contribution in [0.2, 0.25) is 0 Å². The van der Waals surface area contributed by atoms with Gasteiger partial charge in [-0.05, 0) is 5.56 Å². The number of carbonyl (C=O) groups is 2. The third kappa shape index (κ3) is 4.94. The quantitative estimate of drug-likeness (QED) is 0.285. The number of aromatic nitrogens is 4. The Kier molecular flexibility index (Phi) is 6.68. The van der Waals surface area contributed by atoms with Gasteiger partial charge >= 0.3 is 11.7 Å². The molecule has 2 aromatic heterocycles. The highest BCUT2D eigenvalue weighted by Crippen LogP contribution is 2.23. The van der Waals surface area contributed by atoms with Gasteiger partial charge in [0, 0.05) is 51.8 Å². The van der Waals surface area contributed by atoms with Gasteiger partial charge in [-0.1, -0.05) is 12.1 Å². The molecule has 1 aromatic carbocycles. The van der Waals surface area contributed by atoms with Gasteiger partial charge in [0.05, 0.1) is 13.0 Å². The lowest BCUT2D eigenvalue weighted by Crippen LogP contribution is -2.99. The Morgan fingerprint density at radius 3 is 2.37 bits per heavy atom.